The van der Waals surface area contributed by atoms with Gasteiger partial charge in [-0.25, -0.2) is 4.79 Å². The Morgan fingerprint density at radius 1 is 1.31 bits per heavy atom. The van der Waals surface area contributed by atoms with Crippen LogP contribution in [0.3, 0.4) is 0 Å². The molecule has 0 aliphatic carbocycles. The highest BCUT2D eigenvalue weighted by Gasteiger charge is 2.54. The third-order valence-electron chi connectivity index (χ3n) is 5.10. The smallest absolute Gasteiger partial charge is 0.328 e. The van der Waals surface area contributed by atoms with Crippen LogP contribution in [0.1, 0.15) is 36.5 Å². The molecule has 1 aromatic rings. The van der Waals surface area contributed by atoms with Crippen LogP contribution in [-0.4, -0.2) is 64.8 Å². The summed E-state index contributed by atoms with van der Waals surface area (Å²) < 4.78 is 5.93. The van der Waals surface area contributed by atoms with Gasteiger partial charge < -0.3 is 14.7 Å². The number of carboxylic acids is 1. The summed E-state index contributed by atoms with van der Waals surface area (Å²) in [5.41, 5.74) is -0.656. The Bertz CT molecular complexity index is 704. The molecule has 2 aliphatic rings. The summed E-state index contributed by atoms with van der Waals surface area (Å²) in [5.74, 6) is -1.50. The van der Waals surface area contributed by atoms with E-state index in [1.54, 1.807) is 6.07 Å². The first-order valence-electron chi connectivity index (χ1n) is 8.76. The first-order valence-corrected chi connectivity index (χ1v) is 9.51. The Kier molecular flexibility index (Phi) is 5.77. The van der Waals surface area contributed by atoms with Crippen LogP contribution in [0.2, 0.25) is 10.0 Å². The number of carbonyl (C=O) groups excluding carboxylic acids is 1. The zero-order valence-electron chi connectivity index (χ0n) is 14.6. The molecule has 1 atom stereocenters. The van der Waals surface area contributed by atoms with Crippen LogP contribution in [0.25, 0.3) is 0 Å². The van der Waals surface area contributed by atoms with Gasteiger partial charge in [0, 0.05) is 31.0 Å². The molecule has 8 heteroatoms. The fraction of sp³-hybridized carbons (Fsp3) is 0.556. The van der Waals surface area contributed by atoms with Crippen molar-refractivity contribution in [2.75, 3.05) is 26.2 Å². The number of piperidine rings is 1. The fourth-order valence-corrected chi connectivity index (χ4v) is 4.28. The molecule has 1 N–H and O–H groups in total. The van der Waals surface area contributed by atoms with Gasteiger partial charge in [-0.05, 0) is 31.2 Å². The number of halogens is 2. The lowest BCUT2D eigenvalue weighted by atomic mass is 9.96. The van der Waals surface area contributed by atoms with Gasteiger partial charge in [0.25, 0.3) is 5.91 Å². The average Bonchev–Trinajstić information content (AvgIpc) is 2.96. The van der Waals surface area contributed by atoms with Crippen molar-refractivity contribution < 1.29 is 19.4 Å². The summed E-state index contributed by atoms with van der Waals surface area (Å²) in [5, 5.41) is 10.2. The van der Waals surface area contributed by atoms with Crippen molar-refractivity contribution in [2.45, 2.75) is 38.0 Å². The maximum atomic E-state index is 13.2. The predicted molar refractivity (Wildman–Crippen MR) is 98.7 cm³/mol. The van der Waals surface area contributed by atoms with Crippen LogP contribution in [0, 0.1) is 0 Å². The summed E-state index contributed by atoms with van der Waals surface area (Å²) in [6.07, 6.45) is 2.20. The quantitative estimate of drug-likeness (QED) is 0.840. The number of hydrogen-bond donors (Lipinski definition) is 1. The first-order chi connectivity index (χ1) is 12.4. The van der Waals surface area contributed by atoms with Crippen LogP contribution in [-0.2, 0) is 9.53 Å². The molecule has 1 amide bonds. The number of nitrogens with zero attached hydrogens (tertiary/aromatic N) is 2. The monoisotopic (exact) mass is 400 g/mol. The number of rotatable bonds is 4. The van der Waals surface area contributed by atoms with Gasteiger partial charge in [0.05, 0.1) is 17.2 Å². The van der Waals surface area contributed by atoms with Crippen molar-refractivity contribution in [3.8, 4) is 0 Å². The van der Waals surface area contributed by atoms with E-state index in [4.69, 9.17) is 27.9 Å². The molecule has 2 saturated heterocycles. The maximum Gasteiger partial charge on any atom is 0.328 e. The van der Waals surface area contributed by atoms with Crippen molar-refractivity contribution in [3.63, 3.8) is 0 Å². The number of benzene rings is 1. The lowest BCUT2D eigenvalue weighted by Gasteiger charge is -2.44. The largest absolute Gasteiger partial charge is 0.480 e. The van der Waals surface area contributed by atoms with Crippen LogP contribution >= 0.6 is 23.2 Å². The van der Waals surface area contributed by atoms with Crippen LogP contribution in [0.5, 0.6) is 0 Å². The summed E-state index contributed by atoms with van der Waals surface area (Å²) >= 11 is 12.1. The molecule has 0 unspecified atom stereocenters. The molecule has 142 valence electrons. The zero-order valence-corrected chi connectivity index (χ0v) is 16.1. The summed E-state index contributed by atoms with van der Waals surface area (Å²) in [6, 6.07) is 3.57. The van der Waals surface area contributed by atoms with Gasteiger partial charge in [-0.2, -0.15) is 0 Å². The highest BCUT2D eigenvalue weighted by molar-refractivity contribution is 6.36. The Morgan fingerprint density at radius 2 is 2.00 bits per heavy atom. The van der Waals surface area contributed by atoms with Gasteiger partial charge in [-0.15, -0.1) is 0 Å². The minimum absolute atomic E-state index is 0.0138. The molecule has 1 aromatic carbocycles. The molecule has 0 aromatic heterocycles. The molecule has 3 rings (SSSR count). The number of aliphatic carboxylic acids is 1. The second-order valence-electron chi connectivity index (χ2n) is 6.75. The molecule has 2 heterocycles. The molecule has 26 heavy (non-hydrogen) atoms. The Balaban J connectivity index is 1.91. The van der Waals surface area contributed by atoms with Gasteiger partial charge in [-0.3, -0.25) is 9.69 Å². The van der Waals surface area contributed by atoms with Crippen LogP contribution < -0.4 is 0 Å². The molecule has 2 fully saturated rings. The molecule has 6 nitrogen and oxygen atoms in total. The van der Waals surface area contributed by atoms with E-state index in [1.807, 2.05) is 0 Å². The highest BCUT2D eigenvalue weighted by atomic mass is 35.5. The first kappa shape index (κ1) is 19.4. The van der Waals surface area contributed by atoms with Gasteiger partial charge in [0.2, 0.25) is 0 Å². The van der Waals surface area contributed by atoms with Crippen molar-refractivity contribution in [1.29, 1.82) is 0 Å². The summed E-state index contributed by atoms with van der Waals surface area (Å²) in [6.45, 7) is 4.61. The average molecular weight is 401 g/mol. The third-order valence-corrected chi connectivity index (χ3v) is 5.65. The maximum absolute atomic E-state index is 13.2. The van der Waals surface area contributed by atoms with Crippen molar-refractivity contribution in [2.24, 2.45) is 0 Å². The molecular weight excluding hydrogens is 379 g/mol. The lowest BCUT2D eigenvalue weighted by Crippen LogP contribution is -2.58. The van der Waals surface area contributed by atoms with Crippen molar-refractivity contribution in [1.82, 2.24) is 9.80 Å². The Hall–Kier alpha value is -1.34. The van der Waals surface area contributed by atoms with Gasteiger partial charge in [0.15, 0.2) is 6.04 Å². The SMILES string of the molecule is CCCN1CCC2(CC1)OC[C@@H](C(=O)O)N2C(=O)c1ccc(Cl)cc1Cl. The molecule has 0 radical (unpaired) electrons. The molecular formula is C18H22Cl2N2O4. The number of carbonyl (C=O) groups is 2. The van der Waals surface area contributed by atoms with Crippen molar-refractivity contribution >= 4 is 35.1 Å². The van der Waals surface area contributed by atoms with Crippen LogP contribution in [0.4, 0.5) is 0 Å². The number of amides is 1. The second kappa shape index (κ2) is 7.72. The van der Waals surface area contributed by atoms with Gasteiger partial charge in [-0.1, -0.05) is 30.1 Å². The highest BCUT2D eigenvalue weighted by Crippen LogP contribution is 2.39. The number of likely N-dealkylation sites (tertiary alicyclic amines) is 1. The predicted octanol–water partition coefficient (Wildman–Crippen LogP) is 3.12. The van der Waals surface area contributed by atoms with E-state index in [9.17, 15) is 14.7 Å². The molecule has 2 aliphatic heterocycles. The lowest BCUT2D eigenvalue weighted by molar-refractivity contribution is -0.143. The van der Waals surface area contributed by atoms with Gasteiger partial charge in [0.1, 0.15) is 5.72 Å². The van der Waals surface area contributed by atoms with E-state index in [-0.39, 0.29) is 17.2 Å². The minimum atomic E-state index is -1.07. The van der Waals surface area contributed by atoms with E-state index in [0.717, 1.165) is 26.1 Å². The van der Waals surface area contributed by atoms with E-state index in [2.05, 4.69) is 11.8 Å². The number of hydrogen-bond acceptors (Lipinski definition) is 4. The van der Waals surface area contributed by atoms with Crippen molar-refractivity contribution in [3.05, 3.63) is 33.8 Å². The topological polar surface area (TPSA) is 70.1 Å². The van der Waals surface area contributed by atoms with E-state index in [0.29, 0.717) is 17.9 Å². The summed E-state index contributed by atoms with van der Waals surface area (Å²) in [7, 11) is 0. The van der Waals surface area contributed by atoms with E-state index < -0.39 is 23.6 Å². The zero-order chi connectivity index (χ0) is 18.9. The van der Waals surface area contributed by atoms with Gasteiger partial charge >= 0.3 is 5.97 Å². The van der Waals surface area contributed by atoms with E-state index in [1.165, 1.54) is 17.0 Å². The molecule has 0 bridgehead atoms. The Morgan fingerprint density at radius 3 is 2.58 bits per heavy atom. The summed E-state index contributed by atoms with van der Waals surface area (Å²) in [4.78, 5) is 28.6. The second-order valence-corrected chi connectivity index (χ2v) is 7.60. The molecule has 1 spiro atoms. The molecule has 0 saturated carbocycles. The minimum Gasteiger partial charge on any atom is -0.480 e. The normalized spacial score (nSPS) is 22.7. The standard InChI is InChI=1S/C18H22Cl2N2O4/c1-2-7-21-8-5-18(6-9-21)22(15(11-26-18)17(24)25)16(23)13-4-3-12(19)10-14(13)20/h3-4,10,15H,2,5-9,11H2,1H3,(H,24,25)/t15-/m0/s1. The van der Waals surface area contributed by atoms with Crippen LogP contribution in [0.15, 0.2) is 18.2 Å². The third kappa shape index (κ3) is 3.56. The van der Waals surface area contributed by atoms with E-state index >= 15 is 0 Å². The Labute approximate surface area is 162 Å². The fourth-order valence-electron chi connectivity index (χ4n) is 3.79. The number of ether oxygens (including phenoxy) is 1. The number of carboxylic acid groups (broad SMARTS) is 1.